The first-order valence-electron chi connectivity index (χ1n) is 5.86. The molecule has 0 spiro atoms. The van der Waals surface area contributed by atoms with Crippen molar-refractivity contribution in [3.63, 3.8) is 0 Å². The topological polar surface area (TPSA) is 0 Å². The van der Waals surface area contributed by atoms with Gasteiger partial charge in [-0.2, -0.15) is 0 Å². The molecule has 2 unspecified atom stereocenters. The summed E-state index contributed by atoms with van der Waals surface area (Å²) in [6.07, 6.45) is 5.39. The standard InChI is InChI=1S/C14H19Br/c1-10-6-11(2)8-12(7-10)9-13-4-3-5-14(13)15/h6-8,13-14H,3-5,9H2,1-2H3. The van der Waals surface area contributed by atoms with E-state index in [1.54, 1.807) is 0 Å². The summed E-state index contributed by atoms with van der Waals surface area (Å²) in [5, 5.41) is 0. The molecule has 0 heterocycles. The molecule has 1 aliphatic carbocycles. The van der Waals surface area contributed by atoms with E-state index in [1.807, 2.05) is 0 Å². The van der Waals surface area contributed by atoms with Gasteiger partial charge in [0.25, 0.3) is 0 Å². The lowest BCUT2D eigenvalue weighted by molar-refractivity contribution is 0.562. The molecule has 0 bridgehead atoms. The van der Waals surface area contributed by atoms with Crippen LogP contribution in [0.2, 0.25) is 0 Å². The van der Waals surface area contributed by atoms with E-state index in [1.165, 1.54) is 42.4 Å². The van der Waals surface area contributed by atoms with Crippen LogP contribution >= 0.6 is 15.9 Å². The molecular weight excluding hydrogens is 248 g/mol. The molecule has 0 N–H and O–H groups in total. The van der Waals surface area contributed by atoms with Crippen molar-refractivity contribution in [3.05, 3.63) is 34.9 Å². The number of halogens is 1. The molecule has 0 nitrogen and oxygen atoms in total. The van der Waals surface area contributed by atoms with Gasteiger partial charge in [-0.1, -0.05) is 51.7 Å². The maximum Gasteiger partial charge on any atom is 0.0177 e. The van der Waals surface area contributed by atoms with Gasteiger partial charge >= 0.3 is 0 Å². The van der Waals surface area contributed by atoms with E-state index in [2.05, 4.69) is 48.0 Å². The van der Waals surface area contributed by atoms with Crippen LogP contribution in [0.25, 0.3) is 0 Å². The fraction of sp³-hybridized carbons (Fsp3) is 0.571. The first kappa shape index (κ1) is 11.2. The SMILES string of the molecule is Cc1cc(C)cc(CC2CCCC2Br)c1. The Balaban J connectivity index is 2.10. The molecule has 1 aromatic carbocycles. The Morgan fingerprint density at radius 3 is 2.33 bits per heavy atom. The summed E-state index contributed by atoms with van der Waals surface area (Å²) in [4.78, 5) is 0.748. The highest BCUT2D eigenvalue weighted by molar-refractivity contribution is 9.09. The number of hydrogen-bond donors (Lipinski definition) is 0. The molecule has 1 aromatic rings. The van der Waals surface area contributed by atoms with Crippen LogP contribution in [0.5, 0.6) is 0 Å². The first-order chi connectivity index (χ1) is 7.15. The molecule has 1 aliphatic rings. The highest BCUT2D eigenvalue weighted by atomic mass is 79.9. The minimum atomic E-state index is 0.748. The van der Waals surface area contributed by atoms with E-state index in [9.17, 15) is 0 Å². The Hall–Kier alpha value is -0.300. The van der Waals surface area contributed by atoms with Gasteiger partial charge in [0.05, 0.1) is 0 Å². The molecular formula is C14H19Br. The van der Waals surface area contributed by atoms with Gasteiger partial charge in [-0.05, 0) is 44.6 Å². The summed E-state index contributed by atoms with van der Waals surface area (Å²) in [6, 6.07) is 6.93. The molecule has 1 heteroatoms. The molecule has 0 radical (unpaired) electrons. The lowest BCUT2D eigenvalue weighted by Gasteiger charge is -2.14. The second-order valence-corrected chi connectivity index (χ2v) is 6.08. The van der Waals surface area contributed by atoms with Crippen molar-refractivity contribution in [2.45, 2.75) is 44.4 Å². The van der Waals surface area contributed by atoms with Gasteiger partial charge in [-0.15, -0.1) is 0 Å². The molecule has 0 amide bonds. The van der Waals surface area contributed by atoms with Gasteiger partial charge in [0.15, 0.2) is 0 Å². The predicted molar refractivity (Wildman–Crippen MR) is 69.7 cm³/mol. The number of benzene rings is 1. The largest absolute Gasteiger partial charge is 0.0888 e. The van der Waals surface area contributed by atoms with Gasteiger partial charge in [0.1, 0.15) is 0 Å². The zero-order chi connectivity index (χ0) is 10.8. The van der Waals surface area contributed by atoms with Gasteiger partial charge in [0, 0.05) is 4.83 Å². The second kappa shape index (κ2) is 4.69. The van der Waals surface area contributed by atoms with E-state index < -0.39 is 0 Å². The van der Waals surface area contributed by atoms with Crippen molar-refractivity contribution < 1.29 is 0 Å². The Labute approximate surface area is 101 Å². The van der Waals surface area contributed by atoms with E-state index in [-0.39, 0.29) is 0 Å². The average Bonchev–Trinajstić information content (AvgIpc) is 2.50. The Morgan fingerprint density at radius 1 is 1.13 bits per heavy atom. The summed E-state index contributed by atoms with van der Waals surface area (Å²) in [6.45, 7) is 4.38. The summed E-state index contributed by atoms with van der Waals surface area (Å²) in [5.41, 5.74) is 4.31. The minimum Gasteiger partial charge on any atom is -0.0888 e. The molecule has 82 valence electrons. The summed E-state index contributed by atoms with van der Waals surface area (Å²) in [7, 11) is 0. The number of aryl methyl sites for hydroxylation is 2. The zero-order valence-corrected chi connectivity index (χ0v) is 11.2. The fourth-order valence-electron chi connectivity index (χ4n) is 2.71. The van der Waals surface area contributed by atoms with E-state index in [4.69, 9.17) is 0 Å². The molecule has 1 saturated carbocycles. The highest BCUT2D eigenvalue weighted by Crippen LogP contribution is 2.34. The fourth-order valence-corrected chi connectivity index (χ4v) is 3.49. The Kier molecular flexibility index (Phi) is 3.50. The highest BCUT2D eigenvalue weighted by Gasteiger charge is 2.24. The van der Waals surface area contributed by atoms with Crippen LogP contribution in [-0.2, 0) is 6.42 Å². The lowest BCUT2D eigenvalue weighted by Crippen LogP contribution is -2.09. The average molecular weight is 267 g/mol. The van der Waals surface area contributed by atoms with Crippen LogP contribution in [0.15, 0.2) is 18.2 Å². The van der Waals surface area contributed by atoms with Crippen LogP contribution in [0.3, 0.4) is 0 Å². The summed E-state index contributed by atoms with van der Waals surface area (Å²) < 4.78 is 0. The summed E-state index contributed by atoms with van der Waals surface area (Å²) in [5.74, 6) is 0.853. The van der Waals surface area contributed by atoms with Gasteiger partial charge in [-0.3, -0.25) is 0 Å². The van der Waals surface area contributed by atoms with Crippen molar-refractivity contribution in [2.75, 3.05) is 0 Å². The first-order valence-corrected chi connectivity index (χ1v) is 6.78. The second-order valence-electron chi connectivity index (χ2n) is 4.91. The predicted octanol–water partition coefficient (Wildman–Crippen LogP) is 4.41. The van der Waals surface area contributed by atoms with Crippen molar-refractivity contribution in [2.24, 2.45) is 5.92 Å². The lowest BCUT2D eigenvalue weighted by atomic mass is 9.95. The molecule has 1 fully saturated rings. The quantitative estimate of drug-likeness (QED) is 0.696. The van der Waals surface area contributed by atoms with Crippen molar-refractivity contribution in [1.82, 2.24) is 0 Å². The molecule has 0 aromatic heterocycles. The molecule has 2 atom stereocenters. The molecule has 15 heavy (non-hydrogen) atoms. The van der Waals surface area contributed by atoms with Gasteiger partial charge in [0.2, 0.25) is 0 Å². The third-order valence-corrected chi connectivity index (χ3v) is 4.55. The van der Waals surface area contributed by atoms with Crippen LogP contribution in [0.1, 0.15) is 36.0 Å². The van der Waals surface area contributed by atoms with Crippen molar-refractivity contribution in [1.29, 1.82) is 0 Å². The minimum absolute atomic E-state index is 0.748. The van der Waals surface area contributed by atoms with Crippen LogP contribution < -0.4 is 0 Å². The maximum absolute atomic E-state index is 3.80. The third kappa shape index (κ3) is 2.84. The molecule has 0 aliphatic heterocycles. The number of hydrogen-bond acceptors (Lipinski definition) is 0. The maximum atomic E-state index is 3.80. The van der Waals surface area contributed by atoms with Gasteiger partial charge < -0.3 is 0 Å². The molecule has 0 saturated heterocycles. The monoisotopic (exact) mass is 266 g/mol. The Bertz CT molecular complexity index is 323. The number of rotatable bonds is 2. The normalized spacial score (nSPS) is 25.8. The molecule has 2 rings (SSSR count). The summed E-state index contributed by atoms with van der Waals surface area (Å²) >= 11 is 3.80. The van der Waals surface area contributed by atoms with Crippen LogP contribution in [0, 0.1) is 19.8 Å². The van der Waals surface area contributed by atoms with E-state index >= 15 is 0 Å². The Morgan fingerprint density at radius 2 is 1.80 bits per heavy atom. The zero-order valence-electron chi connectivity index (χ0n) is 9.59. The van der Waals surface area contributed by atoms with Crippen LogP contribution in [0.4, 0.5) is 0 Å². The van der Waals surface area contributed by atoms with E-state index in [0.717, 1.165) is 10.7 Å². The van der Waals surface area contributed by atoms with Crippen molar-refractivity contribution >= 4 is 15.9 Å². The van der Waals surface area contributed by atoms with Crippen molar-refractivity contribution in [3.8, 4) is 0 Å². The van der Waals surface area contributed by atoms with E-state index in [0.29, 0.717) is 0 Å². The van der Waals surface area contributed by atoms with Gasteiger partial charge in [-0.25, -0.2) is 0 Å². The third-order valence-electron chi connectivity index (χ3n) is 3.35. The number of alkyl halides is 1. The smallest absolute Gasteiger partial charge is 0.0177 e. The van der Waals surface area contributed by atoms with Crippen LogP contribution in [-0.4, -0.2) is 4.83 Å².